The van der Waals surface area contributed by atoms with Crippen molar-refractivity contribution in [2.45, 2.75) is 26.3 Å². The molecule has 1 N–H and O–H groups in total. The van der Waals surface area contributed by atoms with E-state index in [9.17, 15) is 0 Å². The lowest BCUT2D eigenvalue weighted by molar-refractivity contribution is 0.209. The Balaban J connectivity index is 1.93. The van der Waals surface area contributed by atoms with E-state index < -0.39 is 0 Å². The first-order valence-electron chi connectivity index (χ1n) is 6.77. The van der Waals surface area contributed by atoms with Crippen molar-refractivity contribution in [2.24, 2.45) is 5.92 Å². The maximum absolute atomic E-state index is 3.30. The van der Waals surface area contributed by atoms with E-state index >= 15 is 0 Å². The van der Waals surface area contributed by atoms with Gasteiger partial charge in [0.2, 0.25) is 0 Å². The molecule has 0 aromatic heterocycles. The Morgan fingerprint density at radius 3 is 2.76 bits per heavy atom. The second kappa shape index (κ2) is 6.18. The molecule has 1 heterocycles. The fourth-order valence-corrected chi connectivity index (χ4v) is 2.70. The highest BCUT2D eigenvalue weighted by molar-refractivity contribution is 5.29. The Hall–Kier alpha value is -0.860. The smallest absolute Gasteiger partial charge is 0.0236 e. The second-order valence-corrected chi connectivity index (χ2v) is 5.09. The highest BCUT2D eigenvalue weighted by Crippen LogP contribution is 2.19. The Kier molecular flexibility index (Phi) is 4.57. The van der Waals surface area contributed by atoms with E-state index in [1.165, 1.54) is 31.5 Å². The van der Waals surface area contributed by atoms with Gasteiger partial charge in [-0.1, -0.05) is 37.6 Å². The Labute approximate surface area is 105 Å². The molecular weight excluding hydrogens is 208 g/mol. The molecule has 2 heteroatoms. The zero-order chi connectivity index (χ0) is 12.1. The number of nitrogens with zero attached hydrogens (tertiary/aromatic N) is 1. The lowest BCUT2D eigenvalue weighted by Gasteiger charge is -2.31. The summed E-state index contributed by atoms with van der Waals surface area (Å²) in [6.45, 7) is 7.01. The zero-order valence-electron chi connectivity index (χ0n) is 11.1. The number of hydrogen-bond donors (Lipinski definition) is 1. The molecule has 0 aliphatic carbocycles. The molecule has 1 aromatic carbocycles. The van der Waals surface area contributed by atoms with Crippen LogP contribution in [-0.4, -0.2) is 31.6 Å². The van der Waals surface area contributed by atoms with Gasteiger partial charge >= 0.3 is 0 Å². The molecule has 0 spiro atoms. The first-order chi connectivity index (χ1) is 8.33. The van der Waals surface area contributed by atoms with Crippen molar-refractivity contribution in [3.63, 3.8) is 0 Å². The van der Waals surface area contributed by atoms with E-state index in [4.69, 9.17) is 0 Å². The number of rotatable bonds is 5. The highest BCUT2D eigenvalue weighted by Gasteiger charge is 2.18. The minimum Gasteiger partial charge on any atom is -0.319 e. The average molecular weight is 232 g/mol. The second-order valence-electron chi connectivity index (χ2n) is 5.09. The van der Waals surface area contributed by atoms with Gasteiger partial charge in [0.25, 0.3) is 0 Å². The van der Waals surface area contributed by atoms with E-state index in [2.05, 4.69) is 41.4 Å². The molecule has 1 unspecified atom stereocenters. The summed E-state index contributed by atoms with van der Waals surface area (Å²) in [6, 6.07) is 8.87. The summed E-state index contributed by atoms with van der Waals surface area (Å²) in [5.41, 5.74) is 3.07. The first kappa shape index (κ1) is 12.6. The van der Waals surface area contributed by atoms with Gasteiger partial charge in [0.1, 0.15) is 0 Å². The zero-order valence-corrected chi connectivity index (χ0v) is 11.1. The maximum atomic E-state index is 3.30. The van der Waals surface area contributed by atoms with Crippen molar-refractivity contribution in [2.75, 3.05) is 26.7 Å². The summed E-state index contributed by atoms with van der Waals surface area (Å²) >= 11 is 0. The average Bonchev–Trinajstić information content (AvgIpc) is 2.38. The van der Waals surface area contributed by atoms with Gasteiger partial charge in [-0.15, -0.1) is 0 Å². The van der Waals surface area contributed by atoms with Crippen LogP contribution in [0.2, 0.25) is 0 Å². The molecular formula is C15H24N2. The van der Waals surface area contributed by atoms with Crippen LogP contribution in [0, 0.1) is 5.92 Å². The molecule has 0 saturated heterocycles. The van der Waals surface area contributed by atoms with Crippen molar-refractivity contribution in [1.29, 1.82) is 0 Å². The molecule has 1 aromatic rings. The van der Waals surface area contributed by atoms with Crippen LogP contribution in [-0.2, 0) is 13.0 Å². The van der Waals surface area contributed by atoms with Crippen molar-refractivity contribution < 1.29 is 0 Å². The summed E-state index contributed by atoms with van der Waals surface area (Å²) in [5.74, 6) is 0.783. The van der Waals surface area contributed by atoms with Gasteiger partial charge in [0.05, 0.1) is 0 Å². The molecule has 0 bridgehead atoms. The van der Waals surface area contributed by atoms with Gasteiger partial charge in [-0.25, -0.2) is 0 Å². The van der Waals surface area contributed by atoms with Crippen LogP contribution < -0.4 is 5.32 Å². The van der Waals surface area contributed by atoms with Crippen LogP contribution in [0.1, 0.15) is 24.5 Å². The summed E-state index contributed by atoms with van der Waals surface area (Å²) < 4.78 is 0. The van der Waals surface area contributed by atoms with Gasteiger partial charge in [0, 0.05) is 19.6 Å². The molecule has 0 fully saturated rings. The molecule has 0 radical (unpaired) electrons. The third kappa shape index (κ3) is 3.30. The fraction of sp³-hybridized carbons (Fsp3) is 0.600. The van der Waals surface area contributed by atoms with Crippen molar-refractivity contribution in [3.05, 3.63) is 35.4 Å². The van der Waals surface area contributed by atoms with Crippen LogP contribution in [0.3, 0.4) is 0 Å². The van der Waals surface area contributed by atoms with E-state index in [1.54, 1.807) is 5.56 Å². The summed E-state index contributed by atoms with van der Waals surface area (Å²) in [5, 5.41) is 3.30. The molecule has 2 nitrogen and oxygen atoms in total. The number of hydrogen-bond acceptors (Lipinski definition) is 2. The predicted molar refractivity (Wildman–Crippen MR) is 73.1 cm³/mol. The van der Waals surface area contributed by atoms with Crippen molar-refractivity contribution in [3.8, 4) is 0 Å². The van der Waals surface area contributed by atoms with Crippen LogP contribution in [0.5, 0.6) is 0 Å². The van der Waals surface area contributed by atoms with Crippen LogP contribution >= 0.6 is 0 Å². The number of benzene rings is 1. The molecule has 2 rings (SSSR count). The Bertz CT molecular complexity index is 349. The standard InChI is InChI=1S/C15H24N2/c1-3-13(10-16-2)11-17-9-8-14-6-4-5-7-15(14)12-17/h4-7,13,16H,3,8-12H2,1-2H3. The first-order valence-corrected chi connectivity index (χ1v) is 6.77. The van der Waals surface area contributed by atoms with Crippen molar-refractivity contribution in [1.82, 2.24) is 10.2 Å². The van der Waals surface area contributed by atoms with Gasteiger partial charge in [0.15, 0.2) is 0 Å². The lowest BCUT2D eigenvalue weighted by atomic mass is 9.98. The topological polar surface area (TPSA) is 15.3 Å². The van der Waals surface area contributed by atoms with Crippen LogP contribution in [0.25, 0.3) is 0 Å². The SMILES string of the molecule is CCC(CNC)CN1CCc2ccccc2C1. The van der Waals surface area contributed by atoms with E-state index in [-0.39, 0.29) is 0 Å². The quantitative estimate of drug-likeness (QED) is 0.838. The highest BCUT2D eigenvalue weighted by atomic mass is 15.1. The molecule has 1 aliphatic rings. The van der Waals surface area contributed by atoms with Crippen molar-refractivity contribution >= 4 is 0 Å². The molecule has 1 atom stereocenters. The predicted octanol–water partition coefficient (Wildman–Crippen LogP) is 2.29. The number of fused-ring (bicyclic) bond motifs is 1. The monoisotopic (exact) mass is 232 g/mol. The summed E-state index contributed by atoms with van der Waals surface area (Å²) in [7, 11) is 2.05. The van der Waals surface area contributed by atoms with Gasteiger partial charge in [-0.05, 0) is 37.1 Å². The third-order valence-corrected chi connectivity index (χ3v) is 3.80. The minimum atomic E-state index is 0.783. The summed E-state index contributed by atoms with van der Waals surface area (Å²) in [4.78, 5) is 2.60. The molecule has 1 aliphatic heterocycles. The molecule has 0 amide bonds. The van der Waals surface area contributed by atoms with Gasteiger partial charge in [-0.3, -0.25) is 4.90 Å². The lowest BCUT2D eigenvalue weighted by Crippen LogP contribution is -2.37. The minimum absolute atomic E-state index is 0.783. The van der Waals surface area contributed by atoms with E-state index in [0.29, 0.717) is 0 Å². The number of nitrogens with one attached hydrogen (secondary N) is 1. The van der Waals surface area contributed by atoms with Crippen LogP contribution in [0.15, 0.2) is 24.3 Å². The Morgan fingerprint density at radius 2 is 2.06 bits per heavy atom. The van der Waals surface area contributed by atoms with Gasteiger partial charge < -0.3 is 5.32 Å². The molecule has 17 heavy (non-hydrogen) atoms. The molecule has 94 valence electrons. The van der Waals surface area contributed by atoms with E-state index in [1.807, 2.05) is 7.05 Å². The molecule has 0 saturated carbocycles. The Morgan fingerprint density at radius 1 is 1.29 bits per heavy atom. The van der Waals surface area contributed by atoms with Gasteiger partial charge in [-0.2, -0.15) is 0 Å². The van der Waals surface area contributed by atoms with E-state index in [0.717, 1.165) is 19.0 Å². The van der Waals surface area contributed by atoms with Crippen LogP contribution in [0.4, 0.5) is 0 Å². The summed E-state index contributed by atoms with van der Waals surface area (Å²) in [6.07, 6.45) is 2.48. The largest absolute Gasteiger partial charge is 0.319 e. The fourth-order valence-electron chi connectivity index (χ4n) is 2.70. The third-order valence-electron chi connectivity index (χ3n) is 3.80. The normalized spacial score (nSPS) is 17.8. The maximum Gasteiger partial charge on any atom is 0.0236 e.